The lowest BCUT2D eigenvalue weighted by Gasteiger charge is -2.33. The number of alkyl halides is 1. The van der Waals surface area contributed by atoms with Gasteiger partial charge in [-0.2, -0.15) is 0 Å². The maximum absolute atomic E-state index is 12.0. The van der Waals surface area contributed by atoms with Gasteiger partial charge in [-0.15, -0.1) is 0 Å². The van der Waals surface area contributed by atoms with E-state index >= 15 is 0 Å². The van der Waals surface area contributed by atoms with E-state index in [1.165, 1.54) is 0 Å². The van der Waals surface area contributed by atoms with Crippen LogP contribution in [-0.2, 0) is 9.53 Å². The predicted molar refractivity (Wildman–Crippen MR) is 66.1 cm³/mol. The van der Waals surface area contributed by atoms with Crippen molar-refractivity contribution in [1.29, 1.82) is 0 Å². The van der Waals surface area contributed by atoms with Gasteiger partial charge in [-0.05, 0) is 19.8 Å². The number of Topliss-reactive ketones (excluding diaryl/α,β-unsaturated/α-hetero) is 1. The normalized spacial score (nSPS) is 53.9. The van der Waals surface area contributed by atoms with Crippen LogP contribution < -0.4 is 0 Å². The van der Waals surface area contributed by atoms with Gasteiger partial charge in [0.05, 0.1) is 15.6 Å². The lowest BCUT2D eigenvalue weighted by Crippen LogP contribution is -2.41. The first-order chi connectivity index (χ1) is 6.70. The van der Waals surface area contributed by atoms with Gasteiger partial charge in [0, 0.05) is 17.3 Å². The van der Waals surface area contributed by atoms with Gasteiger partial charge in [-0.25, -0.2) is 0 Å². The third-order valence-electron chi connectivity index (χ3n) is 5.07. The molecule has 3 heteroatoms. The van der Waals surface area contributed by atoms with Crippen molar-refractivity contribution in [1.82, 2.24) is 0 Å². The van der Waals surface area contributed by atoms with E-state index < -0.39 is 0 Å². The van der Waals surface area contributed by atoms with Gasteiger partial charge < -0.3 is 4.74 Å². The molecule has 1 spiro atoms. The van der Waals surface area contributed by atoms with Gasteiger partial charge in [0.1, 0.15) is 5.78 Å². The Morgan fingerprint density at radius 3 is 2.47 bits per heavy atom. The molecular weight excluding hydrogens is 303 g/mol. The Labute approximate surface area is 104 Å². The van der Waals surface area contributed by atoms with Crippen molar-refractivity contribution in [2.24, 2.45) is 16.7 Å². The van der Waals surface area contributed by atoms with Crippen LogP contribution in [0.2, 0.25) is 0 Å². The van der Waals surface area contributed by atoms with Crippen LogP contribution in [0.5, 0.6) is 0 Å². The van der Waals surface area contributed by atoms with Crippen LogP contribution >= 0.6 is 22.6 Å². The zero-order chi connectivity index (χ0) is 11.3. The van der Waals surface area contributed by atoms with Crippen LogP contribution in [-0.4, -0.2) is 21.4 Å². The zero-order valence-electron chi connectivity index (χ0n) is 9.69. The maximum atomic E-state index is 12.0. The van der Waals surface area contributed by atoms with E-state index in [9.17, 15) is 4.79 Å². The third kappa shape index (κ3) is 0.800. The molecule has 1 aliphatic heterocycles. The number of hydrogen-bond donors (Lipinski definition) is 0. The van der Waals surface area contributed by atoms with Gasteiger partial charge in [-0.1, -0.05) is 36.4 Å². The number of fused-ring (bicyclic) bond motifs is 1. The molecule has 0 radical (unpaired) electrons. The van der Waals surface area contributed by atoms with Crippen LogP contribution in [0.3, 0.4) is 0 Å². The largest absolute Gasteiger partial charge is 0.373 e. The summed E-state index contributed by atoms with van der Waals surface area (Å²) in [5.74, 6) is 0.954. The van der Waals surface area contributed by atoms with Gasteiger partial charge in [-0.3, -0.25) is 4.79 Å². The van der Waals surface area contributed by atoms with Crippen LogP contribution in [0.15, 0.2) is 0 Å². The molecule has 2 aliphatic carbocycles. The molecule has 1 heterocycles. The highest BCUT2D eigenvalue weighted by Gasteiger charge is 2.91. The van der Waals surface area contributed by atoms with Gasteiger partial charge in [0.2, 0.25) is 0 Å². The van der Waals surface area contributed by atoms with E-state index in [1.54, 1.807) is 0 Å². The fourth-order valence-corrected chi connectivity index (χ4v) is 6.28. The topological polar surface area (TPSA) is 26.3 Å². The molecule has 0 aromatic carbocycles. The Bertz CT molecular complexity index is 374. The van der Waals surface area contributed by atoms with Gasteiger partial charge in [0.15, 0.2) is 0 Å². The summed E-state index contributed by atoms with van der Waals surface area (Å²) in [5, 5.41) is 0. The number of carbonyl (C=O) groups excluding carboxylic acids is 1. The minimum absolute atomic E-state index is 0.0732. The van der Waals surface area contributed by atoms with Crippen molar-refractivity contribution in [3.05, 3.63) is 0 Å². The second kappa shape index (κ2) is 2.30. The quantitative estimate of drug-likeness (QED) is 0.507. The molecular formula is C12H17IO2. The molecule has 0 aromatic rings. The van der Waals surface area contributed by atoms with E-state index in [1.807, 2.05) is 0 Å². The predicted octanol–water partition coefficient (Wildman–Crippen LogP) is 2.58. The molecule has 3 rings (SSSR count). The number of ether oxygens (including phenoxy) is 1. The standard InChI is InChI=1S/C12H17IO2/c1-9(2)7(14)5-11-6-15-10(3,4)12(11,13)8(9)11/h8H,5-6H2,1-4H3/t8-,11+,12+/m0/s1. The molecule has 1 saturated heterocycles. The zero-order valence-corrected chi connectivity index (χ0v) is 11.8. The van der Waals surface area contributed by atoms with E-state index in [4.69, 9.17) is 4.74 Å². The molecule has 0 bridgehead atoms. The Hall–Kier alpha value is 0.360. The van der Waals surface area contributed by atoms with Crippen LogP contribution in [0, 0.1) is 16.7 Å². The number of halogens is 1. The molecule has 3 atom stereocenters. The van der Waals surface area contributed by atoms with Crippen molar-refractivity contribution < 1.29 is 9.53 Å². The number of ketones is 1. The average Bonchev–Trinajstić information content (AvgIpc) is 2.48. The summed E-state index contributed by atoms with van der Waals surface area (Å²) in [6.45, 7) is 9.36. The fourth-order valence-electron chi connectivity index (χ4n) is 4.25. The lowest BCUT2D eigenvalue weighted by molar-refractivity contribution is -0.126. The Morgan fingerprint density at radius 2 is 1.93 bits per heavy atom. The minimum Gasteiger partial charge on any atom is -0.373 e. The summed E-state index contributed by atoms with van der Waals surface area (Å²) < 4.78 is 6.08. The Balaban J connectivity index is 2.10. The number of carbonyl (C=O) groups is 1. The molecule has 0 aromatic heterocycles. The summed E-state index contributed by atoms with van der Waals surface area (Å²) in [7, 11) is 0. The monoisotopic (exact) mass is 320 g/mol. The maximum Gasteiger partial charge on any atom is 0.139 e. The first kappa shape index (κ1) is 10.5. The van der Waals surface area contributed by atoms with Crippen molar-refractivity contribution in [3.63, 3.8) is 0 Å². The number of rotatable bonds is 0. The Morgan fingerprint density at radius 1 is 1.33 bits per heavy atom. The Kier molecular flexibility index (Phi) is 1.61. The van der Waals surface area contributed by atoms with Gasteiger partial charge in [0.25, 0.3) is 0 Å². The summed E-state index contributed by atoms with van der Waals surface area (Å²) in [4.78, 5) is 12.0. The van der Waals surface area contributed by atoms with Gasteiger partial charge >= 0.3 is 0 Å². The third-order valence-corrected chi connectivity index (χ3v) is 8.07. The van der Waals surface area contributed by atoms with Crippen LogP contribution in [0.25, 0.3) is 0 Å². The minimum atomic E-state index is -0.137. The van der Waals surface area contributed by atoms with Crippen molar-refractivity contribution >= 4 is 28.4 Å². The average molecular weight is 320 g/mol. The molecule has 15 heavy (non-hydrogen) atoms. The van der Waals surface area contributed by atoms with Crippen LogP contribution in [0.1, 0.15) is 34.1 Å². The molecule has 0 unspecified atom stereocenters. The highest BCUT2D eigenvalue weighted by molar-refractivity contribution is 14.1. The summed E-state index contributed by atoms with van der Waals surface area (Å²) in [6, 6.07) is 0. The fraction of sp³-hybridized carbons (Fsp3) is 0.917. The molecule has 0 N–H and O–H groups in total. The molecule has 2 saturated carbocycles. The second-order valence-corrected chi connectivity index (χ2v) is 8.12. The molecule has 3 fully saturated rings. The van der Waals surface area contributed by atoms with E-state index in [2.05, 4.69) is 50.3 Å². The smallest absolute Gasteiger partial charge is 0.139 e. The van der Waals surface area contributed by atoms with Crippen molar-refractivity contribution in [2.45, 2.75) is 43.1 Å². The molecule has 2 nitrogen and oxygen atoms in total. The highest BCUT2D eigenvalue weighted by Crippen LogP contribution is 2.85. The second-order valence-electron chi connectivity index (χ2n) is 6.42. The molecule has 3 aliphatic rings. The summed E-state index contributed by atoms with van der Waals surface area (Å²) >= 11 is 2.57. The van der Waals surface area contributed by atoms with Crippen molar-refractivity contribution in [3.8, 4) is 0 Å². The highest BCUT2D eigenvalue weighted by atomic mass is 127. The lowest BCUT2D eigenvalue weighted by atomic mass is 9.80. The van der Waals surface area contributed by atoms with E-state index in [0.29, 0.717) is 11.7 Å². The van der Waals surface area contributed by atoms with E-state index in [0.717, 1.165) is 13.0 Å². The summed E-state index contributed by atoms with van der Waals surface area (Å²) in [5.41, 5.74) is -0.0456. The molecule has 84 valence electrons. The summed E-state index contributed by atoms with van der Waals surface area (Å²) in [6.07, 6.45) is 0.733. The SMILES string of the molecule is CC1(C)C(=O)C[C@]23COC(C)(C)[C@]2(I)[C@@H]13. The number of hydrogen-bond acceptors (Lipinski definition) is 2. The van der Waals surface area contributed by atoms with Crippen molar-refractivity contribution in [2.75, 3.05) is 6.61 Å². The van der Waals surface area contributed by atoms with Crippen LogP contribution in [0.4, 0.5) is 0 Å². The first-order valence-corrected chi connectivity index (χ1v) is 6.64. The molecule has 0 amide bonds. The first-order valence-electron chi connectivity index (χ1n) is 5.56. The van der Waals surface area contributed by atoms with E-state index in [-0.39, 0.29) is 19.9 Å².